The summed E-state index contributed by atoms with van der Waals surface area (Å²) in [5.41, 5.74) is 2.39. The van der Waals surface area contributed by atoms with Crippen LogP contribution in [0.25, 0.3) is 0 Å². The standard InChI is InChI=1S/C22H23NO4/c1-3-26-22(25)16-23(15-19-10-6-4-7-11-19)18(2)14-21(24)27-17-20-12-8-5-9-13-20/h4-16H,3,17H2,1-2H3/p+1/b18-14+,22-16+,23-15?. The summed E-state index contributed by atoms with van der Waals surface area (Å²) >= 11 is 0. The summed E-state index contributed by atoms with van der Waals surface area (Å²) in [5, 5.41) is 9.87. The van der Waals surface area contributed by atoms with Gasteiger partial charge in [-0.1, -0.05) is 48.5 Å². The van der Waals surface area contributed by atoms with Crippen molar-refractivity contribution in [3.8, 4) is 0 Å². The number of carbonyl (C=O) groups is 1. The van der Waals surface area contributed by atoms with Crippen LogP contribution in [0.15, 0.2) is 84.6 Å². The van der Waals surface area contributed by atoms with E-state index in [1.165, 1.54) is 12.3 Å². The highest BCUT2D eigenvalue weighted by Crippen LogP contribution is 2.06. The molecule has 0 aliphatic heterocycles. The molecule has 0 aliphatic rings. The zero-order chi connectivity index (χ0) is 19.5. The Balaban J connectivity index is 2.17. The van der Waals surface area contributed by atoms with Gasteiger partial charge in [-0.2, -0.15) is 4.58 Å². The fourth-order valence-corrected chi connectivity index (χ4v) is 2.26. The first-order chi connectivity index (χ1) is 13.1. The van der Waals surface area contributed by atoms with Gasteiger partial charge in [0.1, 0.15) is 6.61 Å². The number of benzene rings is 2. The number of hydrogen-bond donors (Lipinski definition) is 1. The van der Waals surface area contributed by atoms with Gasteiger partial charge < -0.3 is 14.6 Å². The molecule has 5 nitrogen and oxygen atoms in total. The Labute approximate surface area is 159 Å². The fourth-order valence-electron chi connectivity index (χ4n) is 2.26. The molecule has 0 spiro atoms. The lowest BCUT2D eigenvalue weighted by Gasteiger charge is -2.03. The molecule has 2 rings (SSSR count). The van der Waals surface area contributed by atoms with Crippen molar-refractivity contribution in [1.29, 1.82) is 0 Å². The molecule has 140 valence electrons. The predicted molar refractivity (Wildman–Crippen MR) is 104 cm³/mol. The minimum absolute atomic E-state index is 0.200. The third kappa shape index (κ3) is 7.20. The Morgan fingerprint density at radius 3 is 2.30 bits per heavy atom. The lowest BCUT2D eigenvalue weighted by molar-refractivity contribution is -0.400. The summed E-state index contributed by atoms with van der Waals surface area (Å²) in [6, 6.07) is 19.0. The number of nitrogens with zero attached hydrogens (tertiary/aromatic N) is 1. The van der Waals surface area contributed by atoms with Crippen LogP contribution in [0.4, 0.5) is 0 Å². The van der Waals surface area contributed by atoms with Crippen LogP contribution in [-0.2, 0) is 20.9 Å². The minimum atomic E-state index is -0.466. The zero-order valence-corrected chi connectivity index (χ0v) is 15.5. The van der Waals surface area contributed by atoms with E-state index in [9.17, 15) is 9.90 Å². The maximum absolute atomic E-state index is 12.1. The Morgan fingerprint density at radius 2 is 1.67 bits per heavy atom. The van der Waals surface area contributed by atoms with Gasteiger partial charge in [0.25, 0.3) is 6.20 Å². The van der Waals surface area contributed by atoms with Gasteiger partial charge in [-0.3, -0.25) is 0 Å². The van der Waals surface area contributed by atoms with Crippen LogP contribution in [-0.4, -0.2) is 28.5 Å². The Morgan fingerprint density at radius 1 is 1.04 bits per heavy atom. The predicted octanol–water partition coefficient (Wildman–Crippen LogP) is 4.16. The van der Waals surface area contributed by atoms with E-state index in [0.717, 1.165) is 11.1 Å². The topological polar surface area (TPSA) is 58.8 Å². The normalized spacial score (nSPS) is 12.6. The van der Waals surface area contributed by atoms with Crippen molar-refractivity contribution < 1.29 is 24.0 Å². The number of aliphatic hydroxyl groups excluding tert-OH is 1. The molecule has 0 aliphatic carbocycles. The fraction of sp³-hybridized carbons (Fsp3) is 0.182. The summed E-state index contributed by atoms with van der Waals surface area (Å²) < 4.78 is 12.0. The minimum Gasteiger partial charge on any atom is -0.477 e. The quantitative estimate of drug-likeness (QED) is 0.251. The molecule has 27 heavy (non-hydrogen) atoms. The van der Waals surface area contributed by atoms with Gasteiger partial charge in [-0.05, 0) is 24.6 Å². The SMILES string of the molecule is CCO/C(O)=C/[N+](=Cc1ccccc1)/C(C)=C/C(=O)OCc1ccccc1. The number of hydrogen-bond acceptors (Lipinski definition) is 4. The molecule has 0 unspecified atom stereocenters. The maximum Gasteiger partial charge on any atom is 0.344 e. The van der Waals surface area contributed by atoms with Crippen LogP contribution in [0.2, 0.25) is 0 Å². The van der Waals surface area contributed by atoms with Crippen molar-refractivity contribution in [3.05, 3.63) is 95.7 Å². The number of rotatable bonds is 8. The molecular formula is C22H24NO4+. The van der Waals surface area contributed by atoms with Crippen molar-refractivity contribution in [1.82, 2.24) is 0 Å². The molecular weight excluding hydrogens is 342 g/mol. The Bertz CT molecular complexity index is 824. The molecule has 0 saturated heterocycles. The van der Waals surface area contributed by atoms with E-state index in [0.29, 0.717) is 12.3 Å². The van der Waals surface area contributed by atoms with Gasteiger partial charge in [0.2, 0.25) is 0 Å². The first-order valence-electron chi connectivity index (χ1n) is 8.69. The summed E-state index contributed by atoms with van der Waals surface area (Å²) in [7, 11) is 0. The highest BCUT2D eigenvalue weighted by molar-refractivity contribution is 5.82. The van der Waals surface area contributed by atoms with E-state index >= 15 is 0 Å². The van der Waals surface area contributed by atoms with Gasteiger partial charge >= 0.3 is 11.9 Å². The third-order valence-electron chi connectivity index (χ3n) is 3.59. The molecule has 0 aromatic heterocycles. The van der Waals surface area contributed by atoms with Crippen molar-refractivity contribution in [2.75, 3.05) is 6.61 Å². The largest absolute Gasteiger partial charge is 0.477 e. The van der Waals surface area contributed by atoms with E-state index < -0.39 is 5.97 Å². The average Bonchev–Trinajstić information content (AvgIpc) is 2.67. The highest BCUT2D eigenvalue weighted by atomic mass is 16.6. The van der Waals surface area contributed by atoms with E-state index in [2.05, 4.69) is 0 Å². The first kappa shape index (κ1) is 20.0. The maximum atomic E-state index is 12.1. The van der Waals surface area contributed by atoms with Crippen molar-refractivity contribution in [2.24, 2.45) is 0 Å². The number of ether oxygens (including phenoxy) is 2. The highest BCUT2D eigenvalue weighted by Gasteiger charge is 2.12. The van der Waals surface area contributed by atoms with E-state index in [-0.39, 0.29) is 12.6 Å². The summed E-state index contributed by atoms with van der Waals surface area (Å²) in [4.78, 5) is 12.1. The smallest absolute Gasteiger partial charge is 0.344 e. The van der Waals surface area contributed by atoms with Gasteiger partial charge in [-0.25, -0.2) is 4.79 Å². The van der Waals surface area contributed by atoms with Crippen LogP contribution in [0.5, 0.6) is 0 Å². The van der Waals surface area contributed by atoms with Crippen molar-refractivity contribution in [3.63, 3.8) is 0 Å². The summed E-state index contributed by atoms with van der Waals surface area (Å²) in [5.74, 6) is -0.706. The summed E-state index contributed by atoms with van der Waals surface area (Å²) in [6.45, 7) is 4.06. The van der Waals surface area contributed by atoms with E-state index in [1.54, 1.807) is 24.6 Å². The molecule has 0 amide bonds. The lowest BCUT2D eigenvalue weighted by atomic mass is 10.2. The molecule has 5 heteroatoms. The molecule has 0 atom stereocenters. The van der Waals surface area contributed by atoms with Crippen LogP contribution >= 0.6 is 0 Å². The van der Waals surface area contributed by atoms with Gasteiger partial charge in [0.05, 0.1) is 12.7 Å². The van der Waals surface area contributed by atoms with Crippen LogP contribution < -0.4 is 0 Å². The molecule has 0 saturated carbocycles. The molecule has 1 N–H and O–H groups in total. The van der Waals surface area contributed by atoms with Crippen LogP contribution in [0, 0.1) is 0 Å². The van der Waals surface area contributed by atoms with E-state index in [1.807, 2.05) is 60.7 Å². The van der Waals surface area contributed by atoms with Crippen molar-refractivity contribution >= 4 is 12.2 Å². The average molecular weight is 366 g/mol. The molecule has 2 aromatic carbocycles. The number of allylic oxidation sites excluding steroid dienone is 1. The van der Waals surface area contributed by atoms with Crippen LogP contribution in [0.3, 0.4) is 0 Å². The second kappa shape index (κ2) is 10.6. The molecule has 2 aromatic rings. The zero-order valence-electron chi connectivity index (χ0n) is 15.5. The summed E-state index contributed by atoms with van der Waals surface area (Å²) in [6.07, 6.45) is 4.57. The first-order valence-corrected chi connectivity index (χ1v) is 8.69. The number of carbonyl (C=O) groups excluding carboxylic acids is 1. The van der Waals surface area contributed by atoms with Gasteiger partial charge in [0.15, 0.2) is 11.9 Å². The van der Waals surface area contributed by atoms with Gasteiger partial charge in [0, 0.05) is 12.5 Å². The Hall–Kier alpha value is -3.34. The lowest BCUT2D eigenvalue weighted by Crippen LogP contribution is -2.10. The monoisotopic (exact) mass is 366 g/mol. The second-order valence-electron chi connectivity index (χ2n) is 5.73. The molecule has 0 bridgehead atoms. The van der Waals surface area contributed by atoms with Crippen molar-refractivity contribution in [2.45, 2.75) is 20.5 Å². The Kier molecular flexibility index (Phi) is 7.85. The van der Waals surface area contributed by atoms with Crippen LogP contribution in [0.1, 0.15) is 25.0 Å². The second-order valence-corrected chi connectivity index (χ2v) is 5.73. The molecule has 0 fully saturated rings. The van der Waals surface area contributed by atoms with Gasteiger partial charge in [-0.15, -0.1) is 0 Å². The van der Waals surface area contributed by atoms with E-state index in [4.69, 9.17) is 9.47 Å². The number of esters is 1. The molecule has 0 radical (unpaired) electrons. The molecule has 0 heterocycles. The number of aliphatic hydroxyl groups is 1. The third-order valence-corrected chi connectivity index (χ3v) is 3.59.